The van der Waals surface area contributed by atoms with E-state index in [9.17, 15) is 9.90 Å². The lowest BCUT2D eigenvalue weighted by molar-refractivity contribution is -0.154. The number of primary amides is 1. The molecule has 0 aliphatic rings. The Morgan fingerprint density at radius 3 is 2.67 bits per heavy atom. The van der Waals surface area contributed by atoms with Crippen LogP contribution < -0.4 is 5.73 Å². The van der Waals surface area contributed by atoms with Crippen LogP contribution in [0.3, 0.4) is 0 Å². The highest BCUT2D eigenvalue weighted by Gasteiger charge is 2.02. The van der Waals surface area contributed by atoms with Gasteiger partial charge in [0.25, 0.3) is 0 Å². The van der Waals surface area contributed by atoms with E-state index in [0.29, 0.717) is 6.42 Å². The van der Waals surface area contributed by atoms with Crippen LogP contribution in [-0.4, -0.2) is 18.8 Å². The van der Waals surface area contributed by atoms with Gasteiger partial charge < -0.3 is 10.5 Å². The summed E-state index contributed by atoms with van der Waals surface area (Å²) in [5, 5.41) is 10.4. The van der Waals surface area contributed by atoms with Crippen molar-refractivity contribution in [2.45, 2.75) is 19.6 Å². The number of hydrogen-bond acceptors (Lipinski definition) is 2. The van der Waals surface area contributed by atoms with Crippen molar-refractivity contribution in [3.05, 3.63) is 0 Å². The molecule has 1 unspecified atom stereocenters. The largest absolute Gasteiger partial charge is 0.368 e. The van der Waals surface area contributed by atoms with E-state index in [1.807, 2.05) is 0 Å². The Morgan fingerprint density at radius 1 is 1.78 bits per heavy atom. The Hall–Kier alpha value is -0.610. The molecule has 2 N–H and O–H groups in total. The molecule has 0 bridgehead atoms. The first-order valence-electron chi connectivity index (χ1n) is 2.72. The molecule has 1 atom stereocenters. The fourth-order valence-electron chi connectivity index (χ4n) is 0.293. The van der Waals surface area contributed by atoms with E-state index in [-0.39, 0.29) is 6.61 Å². The summed E-state index contributed by atoms with van der Waals surface area (Å²) >= 11 is 0. The molecule has 0 aliphatic carbocycles. The number of carbonyl (C=O) groups excluding carboxylic acids is 1. The summed E-state index contributed by atoms with van der Waals surface area (Å²) in [5.41, 5.74) is 4.69. The van der Waals surface area contributed by atoms with Gasteiger partial charge in [-0.05, 0) is 6.42 Å². The third kappa shape index (κ3) is 5.26. The minimum Gasteiger partial charge on any atom is -0.368 e. The number of amides is 1. The zero-order chi connectivity index (χ0) is 7.28. The molecule has 0 aromatic carbocycles. The molecule has 0 aliphatic heterocycles. The lowest BCUT2D eigenvalue weighted by Crippen LogP contribution is -2.22. The Balaban J connectivity index is 3.16. The first-order chi connectivity index (χ1) is 4.16. The molecule has 9 heavy (non-hydrogen) atoms. The molecular weight excluding hydrogens is 122 g/mol. The maximum Gasteiger partial charge on any atom is 0.243 e. The minimum atomic E-state index is -1.11. The Bertz CT molecular complexity index is 94.2. The zero-order valence-electron chi connectivity index (χ0n) is 5.29. The third-order valence-corrected chi connectivity index (χ3v) is 0.745. The third-order valence-electron chi connectivity index (χ3n) is 0.745. The average molecular weight is 132 g/mol. The smallest absolute Gasteiger partial charge is 0.243 e. The molecule has 0 aromatic rings. The average Bonchev–Trinajstić information content (AvgIpc) is 1.83. The van der Waals surface area contributed by atoms with Gasteiger partial charge in [0.05, 0.1) is 0 Å². The van der Waals surface area contributed by atoms with Gasteiger partial charge in [-0.1, -0.05) is 6.92 Å². The highest BCUT2D eigenvalue weighted by molar-refractivity contribution is 5.74. The molecule has 53 valence electrons. The summed E-state index contributed by atoms with van der Waals surface area (Å²) in [7, 11) is 0. The van der Waals surface area contributed by atoms with Crippen LogP contribution in [0.5, 0.6) is 0 Å². The van der Waals surface area contributed by atoms with Crippen LogP contribution in [0.2, 0.25) is 0 Å². The van der Waals surface area contributed by atoms with Gasteiger partial charge in [0.1, 0.15) is 6.61 Å². The van der Waals surface area contributed by atoms with Crippen molar-refractivity contribution < 1.29 is 14.6 Å². The molecular formula is C5H10NO3. The number of nitrogens with two attached hydrogens (primary N) is 1. The lowest BCUT2D eigenvalue weighted by atomic mass is 10.5. The van der Waals surface area contributed by atoms with E-state index in [1.165, 1.54) is 0 Å². The molecule has 0 aromatic heterocycles. The Kier molecular flexibility index (Phi) is 4.00. The molecule has 0 rings (SSSR count). The summed E-state index contributed by atoms with van der Waals surface area (Å²) < 4.78 is 4.42. The van der Waals surface area contributed by atoms with Crippen LogP contribution >= 0.6 is 0 Å². The molecule has 4 nitrogen and oxygen atoms in total. The zero-order valence-corrected chi connectivity index (χ0v) is 5.29. The summed E-state index contributed by atoms with van der Waals surface area (Å²) in [6.07, 6.45) is -0.759. The van der Waals surface area contributed by atoms with Crippen molar-refractivity contribution in [2.24, 2.45) is 5.73 Å². The van der Waals surface area contributed by atoms with E-state index in [2.05, 4.69) is 4.74 Å². The molecule has 0 spiro atoms. The highest BCUT2D eigenvalue weighted by Crippen LogP contribution is 1.91. The van der Waals surface area contributed by atoms with Crippen LogP contribution in [-0.2, 0) is 14.6 Å². The summed E-state index contributed by atoms with van der Waals surface area (Å²) in [6.45, 7) is 1.40. The van der Waals surface area contributed by atoms with E-state index < -0.39 is 12.2 Å². The number of hydrogen-bond donors (Lipinski definition) is 1. The van der Waals surface area contributed by atoms with Crippen molar-refractivity contribution in [2.75, 3.05) is 6.61 Å². The van der Waals surface area contributed by atoms with Gasteiger partial charge in [-0.25, -0.2) is 5.11 Å². The fourth-order valence-corrected chi connectivity index (χ4v) is 0.293. The first kappa shape index (κ1) is 8.39. The van der Waals surface area contributed by atoms with E-state index >= 15 is 0 Å². The predicted octanol–water partition coefficient (Wildman–Crippen LogP) is -0.345. The maximum absolute atomic E-state index is 10.4. The molecule has 0 saturated carbocycles. The summed E-state index contributed by atoms with van der Waals surface area (Å²) in [5.74, 6) is -0.607. The van der Waals surface area contributed by atoms with Crippen molar-refractivity contribution in [3.63, 3.8) is 0 Å². The summed E-state index contributed by atoms with van der Waals surface area (Å²) in [4.78, 5) is 9.98. The van der Waals surface area contributed by atoms with Gasteiger partial charge in [0.2, 0.25) is 5.91 Å². The highest BCUT2D eigenvalue weighted by atomic mass is 16.6. The minimum absolute atomic E-state index is 0.276. The van der Waals surface area contributed by atoms with Crippen molar-refractivity contribution in [3.8, 4) is 0 Å². The lowest BCUT2D eigenvalue weighted by Gasteiger charge is -2.03. The predicted molar refractivity (Wildman–Crippen MR) is 29.9 cm³/mol. The van der Waals surface area contributed by atoms with Gasteiger partial charge >= 0.3 is 0 Å². The van der Waals surface area contributed by atoms with Crippen molar-refractivity contribution in [1.82, 2.24) is 0 Å². The Labute approximate surface area is 53.6 Å². The monoisotopic (exact) mass is 132 g/mol. The van der Waals surface area contributed by atoms with Crippen LogP contribution in [0, 0.1) is 0 Å². The molecule has 1 radical (unpaired) electrons. The van der Waals surface area contributed by atoms with Gasteiger partial charge in [-0.3, -0.25) is 4.79 Å². The number of rotatable bonds is 4. The quantitative estimate of drug-likeness (QED) is 0.531. The van der Waals surface area contributed by atoms with E-state index in [1.54, 1.807) is 6.92 Å². The second-order valence-corrected chi connectivity index (χ2v) is 1.62. The molecule has 0 heterocycles. The second-order valence-electron chi connectivity index (χ2n) is 1.62. The van der Waals surface area contributed by atoms with E-state index in [0.717, 1.165) is 0 Å². The molecule has 4 heteroatoms. The maximum atomic E-state index is 10.4. The SMILES string of the molecule is CCC([O])OCC(N)=O. The van der Waals surface area contributed by atoms with Crippen molar-refractivity contribution >= 4 is 5.91 Å². The van der Waals surface area contributed by atoms with Gasteiger partial charge in [-0.2, -0.15) is 0 Å². The topological polar surface area (TPSA) is 72.2 Å². The fraction of sp³-hybridized carbons (Fsp3) is 0.800. The van der Waals surface area contributed by atoms with Crippen LogP contribution in [0.4, 0.5) is 0 Å². The van der Waals surface area contributed by atoms with Crippen LogP contribution in [0.25, 0.3) is 0 Å². The van der Waals surface area contributed by atoms with Crippen molar-refractivity contribution in [1.29, 1.82) is 0 Å². The molecule has 1 amide bonds. The molecule has 0 fully saturated rings. The van der Waals surface area contributed by atoms with Gasteiger partial charge in [0, 0.05) is 0 Å². The Morgan fingerprint density at radius 2 is 2.33 bits per heavy atom. The molecule has 0 saturated heterocycles. The normalized spacial score (nSPS) is 13.1. The van der Waals surface area contributed by atoms with Crippen LogP contribution in [0.15, 0.2) is 0 Å². The number of carbonyl (C=O) groups is 1. The summed E-state index contributed by atoms with van der Waals surface area (Å²) in [6, 6.07) is 0. The van der Waals surface area contributed by atoms with Crippen LogP contribution in [0.1, 0.15) is 13.3 Å². The van der Waals surface area contributed by atoms with Gasteiger partial charge in [-0.15, -0.1) is 0 Å². The second kappa shape index (κ2) is 4.29. The number of ether oxygens (including phenoxy) is 1. The van der Waals surface area contributed by atoms with E-state index in [4.69, 9.17) is 5.73 Å². The first-order valence-corrected chi connectivity index (χ1v) is 2.72. The van der Waals surface area contributed by atoms with Gasteiger partial charge in [0.15, 0.2) is 6.29 Å². The standard InChI is InChI=1S/C5H10NO3/c1-2-5(8)9-3-4(6)7/h5H,2-3H2,1H3,(H2,6,7).